The van der Waals surface area contributed by atoms with Crippen molar-refractivity contribution >= 4 is 36.0 Å². The van der Waals surface area contributed by atoms with Crippen LogP contribution in [0.5, 0.6) is 0 Å². The van der Waals surface area contributed by atoms with Gasteiger partial charge < -0.3 is 25.4 Å². The van der Waals surface area contributed by atoms with Crippen LogP contribution >= 0.6 is 24.0 Å². The van der Waals surface area contributed by atoms with E-state index in [-0.39, 0.29) is 36.4 Å². The van der Waals surface area contributed by atoms with Crippen LogP contribution in [0.25, 0.3) is 0 Å². The summed E-state index contributed by atoms with van der Waals surface area (Å²) in [5, 5.41) is 9.23. The Morgan fingerprint density at radius 2 is 1.83 bits per heavy atom. The maximum absolute atomic E-state index is 13.8. The monoisotopic (exact) mass is 538 g/mol. The molecule has 1 aromatic rings. The van der Waals surface area contributed by atoms with Crippen molar-refractivity contribution in [2.24, 2.45) is 4.99 Å². The highest BCUT2D eigenvalue weighted by atomic mass is 127. The SMILES string of the molecule is CCNC(=NCc1ccc(F)c(COC)c1)NCC(C)(C)NC(=O)OC(C)(C)C.I. The van der Waals surface area contributed by atoms with Gasteiger partial charge in [-0.1, -0.05) is 6.07 Å². The van der Waals surface area contributed by atoms with E-state index < -0.39 is 17.2 Å². The lowest BCUT2D eigenvalue weighted by Crippen LogP contribution is -2.54. The average molecular weight is 538 g/mol. The number of carbonyl (C=O) groups excluding carboxylic acids is 1. The second-order valence-corrected chi connectivity index (χ2v) is 8.42. The molecular weight excluding hydrogens is 502 g/mol. The van der Waals surface area contributed by atoms with Crippen LogP contribution in [0.15, 0.2) is 23.2 Å². The molecule has 0 atom stereocenters. The molecule has 1 rings (SSSR count). The summed E-state index contributed by atoms with van der Waals surface area (Å²) in [6.45, 7) is 12.9. The summed E-state index contributed by atoms with van der Waals surface area (Å²) in [5.41, 5.74) is 0.267. The molecule has 7 nitrogen and oxygen atoms in total. The highest BCUT2D eigenvalue weighted by molar-refractivity contribution is 14.0. The number of nitrogens with zero attached hydrogens (tertiary/aromatic N) is 1. The first kappa shape index (κ1) is 28.4. The number of nitrogens with one attached hydrogen (secondary N) is 3. The predicted octanol–water partition coefficient (Wildman–Crippen LogP) is 3.95. The van der Waals surface area contributed by atoms with Crippen molar-refractivity contribution in [3.05, 3.63) is 35.1 Å². The molecule has 0 aromatic heterocycles. The summed E-state index contributed by atoms with van der Waals surface area (Å²) in [6, 6.07) is 4.88. The van der Waals surface area contributed by atoms with Crippen LogP contribution in [0.2, 0.25) is 0 Å². The van der Waals surface area contributed by atoms with Crippen molar-refractivity contribution < 1.29 is 18.7 Å². The first-order valence-electron chi connectivity index (χ1n) is 9.75. The maximum atomic E-state index is 13.8. The van der Waals surface area contributed by atoms with Gasteiger partial charge in [-0.2, -0.15) is 0 Å². The Labute approximate surface area is 196 Å². The molecule has 0 aliphatic rings. The van der Waals surface area contributed by atoms with E-state index in [2.05, 4.69) is 20.9 Å². The van der Waals surface area contributed by atoms with Crippen LogP contribution in [-0.4, -0.2) is 43.4 Å². The first-order chi connectivity index (χ1) is 13.5. The van der Waals surface area contributed by atoms with Crippen molar-refractivity contribution in [3.8, 4) is 0 Å². The third-order valence-electron chi connectivity index (χ3n) is 3.71. The fraction of sp³-hybridized carbons (Fsp3) is 0.619. The molecule has 1 amide bonds. The van der Waals surface area contributed by atoms with Gasteiger partial charge in [0, 0.05) is 25.8 Å². The van der Waals surface area contributed by atoms with Crippen molar-refractivity contribution in [1.82, 2.24) is 16.0 Å². The Bertz CT molecular complexity index is 706. The number of guanidine groups is 1. The van der Waals surface area contributed by atoms with Gasteiger partial charge in [-0.05, 0) is 59.2 Å². The van der Waals surface area contributed by atoms with E-state index in [1.807, 2.05) is 41.5 Å². The number of benzene rings is 1. The third-order valence-corrected chi connectivity index (χ3v) is 3.71. The highest BCUT2D eigenvalue weighted by Gasteiger charge is 2.24. The van der Waals surface area contributed by atoms with E-state index in [1.54, 1.807) is 12.1 Å². The number of rotatable bonds is 8. The normalized spacial score (nSPS) is 12.1. The van der Waals surface area contributed by atoms with Crippen molar-refractivity contribution in [2.75, 3.05) is 20.2 Å². The Balaban J connectivity index is 0.00000841. The third kappa shape index (κ3) is 11.5. The van der Waals surface area contributed by atoms with Gasteiger partial charge in [0.2, 0.25) is 0 Å². The molecule has 0 spiro atoms. The quantitative estimate of drug-likeness (QED) is 0.265. The lowest BCUT2D eigenvalue weighted by molar-refractivity contribution is 0.0474. The highest BCUT2D eigenvalue weighted by Crippen LogP contribution is 2.13. The minimum Gasteiger partial charge on any atom is -0.444 e. The molecule has 0 unspecified atom stereocenters. The molecule has 1 aromatic carbocycles. The summed E-state index contributed by atoms with van der Waals surface area (Å²) in [5.74, 6) is 0.309. The van der Waals surface area contributed by atoms with Crippen molar-refractivity contribution in [3.63, 3.8) is 0 Å². The van der Waals surface area contributed by atoms with Crippen LogP contribution < -0.4 is 16.0 Å². The number of ether oxygens (including phenoxy) is 2. The smallest absolute Gasteiger partial charge is 0.408 e. The Morgan fingerprint density at radius 3 is 2.40 bits per heavy atom. The van der Waals surface area contributed by atoms with Crippen LogP contribution in [0.4, 0.5) is 9.18 Å². The van der Waals surface area contributed by atoms with Crippen LogP contribution in [-0.2, 0) is 22.6 Å². The predicted molar refractivity (Wildman–Crippen MR) is 129 cm³/mol. The van der Waals surface area contributed by atoms with Crippen molar-refractivity contribution in [2.45, 2.75) is 65.8 Å². The molecule has 3 N–H and O–H groups in total. The number of hydrogen-bond donors (Lipinski definition) is 3. The molecule has 0 heterocycles. The number of halogens is 2. The molecule has 172 valence electrons. The molecule has 0 saturated heterocycles. The molecule has 0 saturated carbocycles. The molecule has 0 bridgehead atoms. The summed E-state index contributed by atoms with van der Waals surface area (Å²) in [6.07, 6.45) is -0.469. The minimum absolute atomic E-state index is 0. The molecule has 0 aliphatic heterocycles. The molecule has 0 aliphatic carbocycles. The zero-order chi connectivity index (χ0) is 22.1. The van der Waals surface area contributed by atoms with Gasteiger partial charge in [0.15, 0.2) is 5.96 Å². The zero-order valence-corrected chi connectivity index (χ0v) is 21.3. The maximum Gasteiger partial charge on any atom is 0.408 e. The van der Waals surface area contributed by atoms with Gasteiger partial charge in [0.05, 0.1) is 18.7 Å². The number of methoxy groups -OCH3 is 1. The number of hydrogen-bond acceptors (Lipinski definition) is 4. The molecule has 30 heavy (non-hydrogen) atoms. The Hall–Kier alpha value is -1.62. The Kier molecular flexibility index (Phi) is 12.2. The lowest BCUT2D eigenvalue weighted by atomic mass is 10.1. The zero-order valence-electron chi connectivity index (χ0n) is 19.0. The molecule has 0 fully saturated rings. The number of alkyl carbamates (subject to hydrolysis) is 1. The minimum atomic E-state index is -0.556. The van der Waals surface area contributed by atoms with E-state index in [9.17, 15) is 9.18 Å². The number of carbonyl (C=O) groups is 1. The van der Waals surface area contributed by atoms with Crippen LogP contribution in [0.1, 0.15) is 52.7 Å². The molecule has 0 radical (unpaired) electrons. The average Bonchev–Trinajstić information content (AvgIpc) is 2.58. The summed E-state index contributed by atoms with van der Waals surface area (Å²) >= 11 is 0. The van der Waals surface area contributed by atoms with E-state index in [4.69, 9.17) is 9.47 Å². The van der Waals surface area contributed by atoms with E-state index in [0.717, 1.165) is 5.56 Å². The lowest BCUT2D eigenvalue weighted by Gasteiger charge is -2.29. The number of amides is 1. The van der Waals surface area contributed by atoms with Crippen LogP contribution in [0, 0.1) is 5.82 Å². The summed E-state index contributed by atoms with van der Waals surface area (Å²) in [7, 11) is 1.53. The second-order valence-electron chi connectivity index (χ2n) is 8.42. The van der Waals surface area contributed by atoms with Gasteiger partial charge >= 0.3 is 6.09 Å². The van der Waals surface area contributed by atoms with Crippen LogP contribution in [0.3, 0.4) is 0 Å². The van der Waals surface area contributed by atoms with Gasteiger partial charge in [-0.25, -0.2) is 14.2 Å². The van der Waals surface area contributed by atoms with E-state index in [1.165, 1.54) is 13.2 Å². The van der Waals surface area contributed by atoms with Gasteiger partial charge in [-0.3, -0.25) is 0 Å². The molecular formula is C21H36FIN4O3. The fourth-order valence-corrected chi connectivity index (χ4v) is 2.43. The van der Waals surface area contributed by atoms with Gasteiger partial charge in [-0.15, -0.1) is 24.0 Å². The fourth-order valence-electron chi connectivity index (χ4n) is 2.43. The second kappa shape index (κ2) is 12.9. The van der Waals surface area contributed by atoms with Gasteiger partial charge in [0.1, 0.15) is 11.4 Å². The largest absolute Gasteiger partial charge is 0.444 e. The van der Waals surface area contributed by atoms with Gasteiger partial charge in [0.25, 0.3) is 0 Å². The summed E-state index contributed by atoms with van der Waals surface area (Å²) in [4.78, 5) is 16.6. The number of aliphatic imine (C=N–C) groups is 1. The van der Waals surface area contributed by atoms with E-state index >= 15 is 0 Å². The Morgan fingerprint density at radius 1 is 1.17 bits per heavy atom. The standard InChI is InChI=1S/C21H35FN4O3.HI/c1-8-23-18(24-12-15-9-10-17(22)16(11-15)13-28-7)25-14-21(5,6)26-19(27)29-20(2,3)4;/h9-11H,8,12-14H2,1-7H3,(H,26,27)(H2,23,24,25);1H. The summed E-state index contributed by atoms with van der Waals surface area (Å²) < 4.78 is 24.1. The topological polar surface area (TPSA) is 84.0 Å². The molecule has 9 heteroatoms. The van der Waals surface area contributed by atoms with E-state index in [0.29, 0.717) is 31.2 Å². The first-order valence-corrected chi connectivity index (χ1v) is 9.75. The van der Waals surface area contributed by atoms with Crippen molar-refractivity contribution in [1.29, 1.82) is 0 Å².